The van der Waals surface area contributed by atoms with Crippen LogP contribution in [0.3, 0.4) is 0 Å². The third-order valence-corrected chi connectivity index (χ3v) is 5.70. The van der Waals surface area contributed by atoms with Crippen molar-refractivity contribution in [2.45, 2.75) is 32.9 Å². The van der Waals surface area contributed by atoms with Crippen LogP contribution in [-0.4, -0.2) is 31.9 Å². The summed E-state index contributed by atoms with van der Waals surface area (Å²) >= 11 is 0. The van der Waals surface area contributed by atoms with Crippen LogP contribution in [0.15, 0.2) is 48.8 Å². The van der Waals surface area contributed by atoms with E-state index in [1.165, 1.54) is 22.2 Å². The molecule has 0 saturated heterocycles. The molecular weight excluding hydrogens is 336 g/mol. The molecule has 27 heavy (non-hydrogen) atoms. The smallest absolute Gasteiger partial charge is 0.245 e. The van der Waals surface area contributed by atoms with Gasteiger partial charge in [-0.25, -0.2) is 4.98 Å². The molecule has 4 aromatic rings. The Bertz CT molecular complexity index is 1170. The number of aryl methyl sites for hydroxylation is 1. The van der Waals surface area contributed by atoms with E-state index < -0.39 is 0 Å². The average Bonchev–Trinajstić information content (AvgIpc) is 3.27. The van der Waals surface area contributed by atoms with Crippen LogP contribution in [0.2, 0.25) is 0 Å². The molecule has 1 unspecified atom stereocenters. The van der Waals surface area contributed by atoms with E-state index in [-0.39, 0.29) is 11.9 Å². The molecule has 2 aromatic heterocycles. The topological polar surface area (TPSA) is 53.9 Å². The molecule has 0 bridgehead atoms. The number of H-pyrrole nitrogens is 1. The van der Waals surface area contributed by atoms with Gasteiger partial charge in [-0.15, -0.1) is 0 Å². The highest BCUT2D eigenvalue weighted by Crippen LogP contribution is 2.30. The Morgan fingerprint density at radius 3 is 2.96 bits per heavy atom. The molecule has 0 spiro atoms. The first-order valence-corrected chi connectivity index (χ1v) is 9.42. The lowest BCUT2D eigenvalue weighted by Gasteiger charge is -2.30. The van der Waals surface area contributed by atoms with Crippen molar-refractivity contribution in [3.63, 3.8) is 0 Å². The molecule has 5 rings (SSSR count). The number of carbonyl (C=O) groups is 1. The van der Waals surface area contributed by atoms with Crippen molar-refractivity contribution in [1.82, 2.24) is 19.4 Å². The van der Waals surface area contributed by atoms with Gasteiger partial charge in [-0.05, 0) is 38.1 Å². The summed E-state index contributed by atoms with van der Waals surface area (Å²) in [6.07, 6.45) is 2.64. The van der Waals surface area contributed by atoms with Crippen molar-refractivity contribution in [3.05, 3.63) is 65.6 Å². The van der Waals surface area contributed by atoms with Crippen LogP contribution < -0.4 is 0 Å². The second-order valence-corrected chi connectivity index (χ2v) is 7.46. The quantitative estimate of drug-likeness (QED) is 0.589. The summed E-state index contributed by atoms with van der Waals surface area (Å²) in [5.74, 6) is 0.144. The molecule has 1 atom stereocenters. The molecule has 1 amide bonds. The number of hydrogen-bond donors (Lipinski definition) is 1. The number of imidazole rings is 1. The summed E-state index contributed by atoms with van der Waals surface area (Å²) in [7, 11) is 0. The van der Waals surface area contributed by atoms with Gasteiger partial charge in [0.2, 0.25) is 5.91 Å². The van der Waals surface area contributed by atoms with E-state index in [1.54, 1.807) is 6.33 Å². The largest absolute Gasteiger partial charge is 0.358 e. The number of aromatic nitrogens is 3. The molecule has 1 N–H and O–H groups in total. The minimum atomic E-state index is -0.272. The molecule has 3 heterocycles. The number of rotatable bonds is 2. The van der Waals surface area contributed by atoms with Crippen molar-refractivity contribution in [1.29, 1.82) is 0 Å². The van der Waals surface area contributed by atoms with E-state index in [4.69, 9.17) is 0 Å². The Morgan fingerprint density at radius 2 is 2.07 bits per heavy atom. The standard InChI is InChI=1S/C22H22N4O/c1-14-7-8-18-16(11-14)17-12-25(10-9-19(17)24-18)22(27)15(2)26-13-23-20-5-3-4-6-21(20)26/h3-8,11,13,15,24H,9-10,12H2,1-2H3. The number of nitrogens with zero attached hydrogens (tertiary/aromatic N) is 3. The zero-order chi connectivity index (χ0) is 18.5. The first-order valence-electron chi connectivity index (χ1n) is 9.42. The lowest BCUT2D eigenvalue weighted by atomic mass is 10.0. The van der Waals surface area contributed by atoms with Crippen LogP contribution >= 0.6 is 0 Å². The van der Waals surface area contributed by atoms with Crippen LogP contribution in [-0.2, 0) is 17.8 Å². The number of carbonyl (C=O) groups excluding carboxylic acids is 1. The summed E-state index contributed by atoms with van der Waals surface area (Å²) in [6.45, 7) is 5.48. The molecule has 1 aliphatic rings. The SMILES string of the molecule is Cc1ccc2[nH]c3c(c2c1)CN(C(=O)C(C)n1cnc2ccccc21)CC3. The third-order valence-electron chi connectivity index (χ3n) is 5.70. The van der Waals surface area contributed by atoms with Gasteiger partial charge in [0, 0.05) is 41.7 Å². The first kappa shape index (κ1) is 16.1. The Morgan fingerprint density at radius 1 is 1.22 bits per heavy atom. The fourth-order valence-corrected chi connectivity index (χ4v) is 4.19. The number of hydrogen-bond acceptors (Lipinski definition) is 2. The second-order valence-electron chi connectivity index (χ2n) is 7.46. The molecule has 2 aromatic carbocycles. The highest BCUT2D eigenvalue weighted by Gasteiger charge is 2.28. The fourth-order valence-electron chi connectivity index (χ4n) is 4.19. The first-order chi connectivity index (χ1) is 13.1. The summed E-state index contributed by atoms with van der Waals surface area (Å²) in [4.78, 5) is 23.2. The van der Waals surface area contributed by atoms with Gasteiger partial charge in [0.25, 0.3) is 0 Å². The number of nitrogens with one attached hydrogen (secondary N) is 1. The maximum atomic E-state index is 13.2. The Balaban J connectivity index is 1.46. The molecule has 1 aliphatic heterocycles. The van der Waals surface area contributed by atoms with Crippen molar-refractivity contribution < 1.29 is 4.79 Å². The summed E-state index contributed by atoms with van der Waals surface area (Å²) < 4.78 is 1.98. The van der Waals surface area contributed by atoms with Gasteiger partial charge in [0.15, 0.2) is 0 Å². The molecule has 0 saturated carbocycles. The van der Waals surface area contributed by atoms with E-state index in [9.17, 15) is 4.79 Å². The number of aromatic amines is 1. The Hall–Kier alpha value is -3.08. The number of benzene rings is 2. The zero-order valence-electron chi connectivity index (χ0n) is 15.6. The third kappa shape index (κ3) is 2.53. The lowest BCUT2D eigenvalue weighted by molar-refractivity contribution is -0.135. The summed E-state index contributed by atoms with van der Waals surface area (Å²) in [6, 6.07) is 14.1. The maximum absolute atomic E-state index is 13.2. The molecular formula is C22H22N4O. The van der Waals surface area contributed by atoms with Crippen LogP contribution in [0, 0.1) is 6.92 Å². The predicted molar refractivity (Wildman–Crippen MR) is 107 cm³/mol. The fraction of sp³-hybridized carbons (Fsp3) is 0.273. The zero-order valence-corrected chi connectivity index (χ0v) is 15.6. The Kier molecular flexibility index (Phi) is 3.57. The lowest BCUT2D eigenvalue weighted by Crippen LogP contribution is -2.39. The van der Waals surface area contributed by atoms with Gasteiger partial charge >= 0.3 is 0 Å². The van der Waals surface area contributed by atoms with Gasteiger partial charge in [0.05, 0.1) is 17.4 Å². The van der Waals surface area contributed by atoms with Crippen LogP contribution in [0.4, 0.5) is 0 Å². The van der Waals surface area contributed by atoms with Crippen molar-refractivity contribution >= 4 is 27.8 Å². The van der Waals surface area contributed by atoms with Gasteiger partial charge < -0.3 is 14.5 Å². The summed E-state index contributed by atoms with van der Waals surface area (Å²) in [5.41, 5.74) is 6.85. The highest BCUT2D eigenvalue weighted by molar-refractivity contribution is 5.88. The molecule has 5 heteroatoms. The average molecular weight is 358 g/mol. The Labute approximate surface area is 157 Å². The van der Waals surface area contributed by atoms with E-state index in [1.807, 2.05) is 40.7 Å². The molecule has 5 nitrogen and oxygen atoms in total. The van der Waals surface area contributed by atoms with Crippen LogP contribution in [0.5, 0.6) is 0 Å². The minimum absolute atomic E-state index is 0.144. The predicted octanol–water partition coefficient (Wildman–Crippen LogP) is 3.97. The van der Waals surface area contributed by atoms with Crippen LogP contribution in [0.25, 0.3) is 21.9 Å². The molecule has 136 valence electrons. The van der Waals surface area contributed by atoms with Gasteiger partial charge in [-0.1, -0.05) is 23.8 Å². The number of fused-ring (bicyclic) bond motifs is 4. The maximum Gasteiger partial charge on any atom is 0.245 e. The van der Waals surface area contributed by atoms with Gasteiger partial charge in [-0.3, -0.25) is 4.79 Å². The minimum Gasteiger partial charge on any atom is -0.358 e. The summed E-state index contributed by atoms with van der Waals surface area (Å²) in [5, 5.41) is 1.24. The second kappa shape index (κ2) is 5.98. The number of para-hydroxylation sites is 2. The van der Waals surface area contributed by atoms with Crippen molar-refractivity contribution in [3.8, 4) is 0 Å². The number of amides is 1. The normalized spacial score (nSPS) is 15.3. The van der Waals surface area contributed by atoms with E-state index in [0.29, 0.717) is 6.54 Å². The van der Waals surface area contributed by atoms with E-state index >= 15 is 0 Å². The van der Waals surface area contributed by atoms with Crippen molar-refractivity contribution in [2.75, 3.05) is 6.54 Å². The van der Waals surface area contributed by atoms with E-state index in [2.05, 4.69) is 35.1 Å². The monoisotopic (exact) mass is 358 g/mol. The molecule has 0 aliphatic carbocycles. The molecule has 0 fully saturated rings. The van der Waals surface area contributed by atoms with E-state index in [0.717, 1.165) is 29.5 Å². The van der Waals surface area contributed by atoms with Gasteiger partial charge in [0.1, 0.15) is 6.04 Å². The van der Waals surface area contributed by atoms with Gasteiger partial charge in [-0.2, -0.15) is 0 Å². The highest BCUT2D eigenvalue weighted by atomic mass is 16.2. The molecule has 0 radical (unpaired) electrons. The van der Waals surface area contributed by atoms with Crippen molar-refractivity contribution in [2.24, 2.45) is 0 Å². The van der Waals surface area contributed by atoms with Crippen LogP contribution in [0.1, 0.15) is 29.8 Å².